The Hall–Kier alpha value is -3.29. The number of amides is 3. The third-order valence-corrected chi connectivity index (χ3v) is 5.59. The second kappa shape index (κ2) is 9.68. The van der Waals surface area contributed by atoms with Crippen molar-refractivity contribution in [1.29, 1.82) is 0 Å². The standard InChI is InChI=1S/C23H26BN3O4/c1-16(18-8-10-20(24)11-9-18)27-15-14-23(31-22(27)30,19-6-4-3-5-7-19)13-12-21(29)26-25-17(2)28/h3-11,16H,12-15H2,1-2H3,(H,25,28)(H,26,29)/t16-,23+/m0/s1. The molecule has 1 heterocycles. The number of carbonyl (C=O) groups is 3. The molecule has 31 heavy (non-hydrogen) atoms. The van der Waals surface area contributed by atoms with Gasteiger partial charge in [-0.2, -0.15) is 0 Å². The van der Waals surface area contributed by atoms with E-state index in [1.54, 1.807) is 4.90 Å². The van der Waals surface area contributed by atoms with Crippen LogP contribution in [0.1, 0.15) is 50.3 Å². The van der Waals surface area contributed by atoms with E-state index in [4.69, 9.17) is 12.6 Å². The van der Waals surface area contributed by atoms with E-state index in [1.807, 2.05) is 61.5 Å². The summed E-state index contributed by atoms with van der Waals surface area (Å²) >= 11 is 0. The minimum atomic E-state index is -0.913. The van der Waals surface area contributed by atoms with Crippen molar-refractivity contribution in [3.8, 4) is 0 Å². The number of hydrazine groups is 1. The van der Waals surface area contributed by atoms with Crippen LogP contribution >= 0.6 is 0 Å². The Morgan fingerprint density at radius 1 is 1.13 bits per heavy atom. The van der Waals surface area contributed by atoms with Gasteiger partial charge < -0.3 is 9.64 Å². The Balaban J connectivity index is 1.75. The van der Waals surface area contributed by atoms with E-state index >= 15 is 0 Å². The van der Waals surface area contributed by atoms with Crippen molar-refractivity contribution in [1.82, 2.24) is 15.8 Å². The van der Waals surface area contributed by atoms with Crippen molar-refractivity contribution in [3.63, 3.8) is 0 Å². The molecule has 2 aromatic rings. The first kappa shape index (κ1) is 22.4. The Bertz CT molecular complexity index is 936. The van der Waals surface area contributed by atoms with E-state index < -0.39 is 11.7 Å². The van der Waals surface area contributed by atoms with Crippen LogP contribution in [-0.4, -0.2) is 37.2 Å². The summed E-state index contributed by atoms with van der Waals surface area (Å²) in [5.41, 5.74) is 6.19. The summed E-state index contributed by atoms with van der Waals surface area (Å²) in [6.07, 6.45) is 0.505. The number of carbonyl (C=O) groups excluding carboxylic acids is 3. The molecule has 0 unspecified atom stereocenters. The minimum absolute atomic E-state index is 0.0932. The smallest absolute Gasteiger partial charge is 0.411 e. The monoisotopic (exact) mass is 419 g/mol. The lowest BCUT2D eigenvalue weighted by atomic mass is 9.84. The highest BCUT2D eigenvalue weighted by molar-refractivity contribution is 6.32. The van der Waals surface area contributed by atoms with Gasteiger partial charge in [-0.25, -0.2) is 4.79 Å². The normalized spacial score (nSPS) is 19.3. The summed E-state index contributed by atoms with van der Waals surface area (Å²) in [6.45, 7) is 3.74. The molecule has 3 amide bonds. The van der Waals surface area contributed by atoms with E-state index in [-0.39, 0.29) is 24.3 Å². The fourth-order valence-corrected chi connectivity index (χ4v) is 3.78. The van der Waals surface area contributed by atoms with Crippen LogP contribution in [-0.2, 0) is 19.9 Å². The third-order valence-electron chi connectivity index (χ3n) is 5.59. The van der Waals surface area contributed by atoms with Crippen LogP contribution in [0.15, 0.2) is 54.6 Å². The second-order valence-electron chi connectivity index (χ2n) is 7.74. The van der Waals surface area contributed by atoms with Crippen LogP contribution in [0, 0.1) is 0 Å². The molecular weight excluding hydrogens is 393 g/mol. The predicted octanol–water partition coefficient (Wildman–Crippen LogP) is 2.23. The van der Waals surface area contributed by atoms with Gasteiger partial charge in [-0.05, 0) is 18.1 Å². The highest BCUT2D eigenvalue weighted by Gasteiger charge is 2.43. The van der Waals surface area contributed by atoms with Crippen LogP contribution in [0.5, 0.6) is 0 Å². The second-order valence-corrected chi connectivity index (χ2v) is 7.74. The van der Waals surface area contributed by atoms with E-state index in [2.05, 4.69) is 10.9 Å². The Morgan fingerprint density at radius 3 is 2.42 bits per heavy atom. The Morgan fingerprint density at radius 2 is 1.81 bits per heavy atom. The van der Waals surface area contributed by atoms with Crippen molar-refractivity contribution in [2.24, 2.45) is 0 Å². The molecule has 1 saturated heterocycles. The van der Waals surface area contributed by atoms with Crippen molar-refractivity contribution in [2.75, 3.05) is 6.54 Å². The molecule has 2 atom stereocenters. The lowest BCUT2D eigenvalue weighted by Gasteiger charge is -2.43. The van der Waals surface area contributed by atoms with Crippen LogP contribution in [0.4, 0.5) is 4.79 Å². The first-order valence-electron chi connectivity index (χ1n) is 10.3. The number of nitrogens with zero attached hydrogens (tertiary/aromatic N) is 1. The molecule has 0 bridgehead atoms. The molecule has 0 spiro atoms. The maximum atomic E-state index is 13.0. The van der Waals surface area contributed by atoms with Crippen LogP contribution in [0.25, 0.3) is 0 Å². The topological polar surface area (TPSA) is 87.7 Å². The zero-order valence-corrected chi connectivity index (χ0v) is 17.8. The number of ether oxygens (including phenoxy) is 1. The van der Waals surface area contributed by atoms with E-state index in [0.29, 0.717) is 24.8 Å². The number of cyclic esters (lactones) is 1. The van der Waals surface area contributed by atoms with Crippen LogP contribution in [0.2, 0.25) is 0 Å². The van der Waals surface area contributed by atoms with Gasteiger partial charge in [-0.15, -0.1) is 0 Å². The molecule has 1 aliphatic rings. The van der Waals surface area contributed by atoms with Gasteiger partial charge >= 0.3 is 6.09 Å². The van der Waals surface area contributed by atoms with Crippen molar-refractivity contribution in [3.05, 3.63) is 65.7 Å². The Kier molecular flexibility index (Phi) is 7.00. The van der Waals surface area contributed by atoms with Gasteiger partial charge in [0.05, 0.1) is 6.04 Å². The minimum Gasteiger partial charge on any atom is -0.438 e. The zero-order valence-electron chi connectivity index (χ0n) is 17.8. The number of hydrogen-bond acceptors (Lipinski definition) is 4. The van der Waals surface area contributed by atoms with Crippen molar-refractivity contribution < 1.29 is 19.1 Å². The summed E-state index contributed by atoms with van der Waals surface area (Å²) in [6, 6.07) is 16.7. The average molecular weight is 419 g/mol. The van der Waals surface area contributed by atoms with Gasteiger partial charge in [-0.1, -0.05) is 60.1 Å². The molecule has 1 aliphatic heterocycles. The van der Waals surface area contributed by atoms with Gasteiger partial charge in [-0.3, -0.25) is 20.4 Å². The molecule has 0 saturated carbocycles. The summed E-state index contributed by atoms with van der Waals surface area (Å²) in [5, 5.41) is 0. The maximum Gasteiger partial charge on any atom is 0.411 e. The zero-order chi connectivity index (χ0) is 22.4. The molecule has 2 aromatic carbocycles. The molecule has 160 valence electrons. The fraction of sp³-hybridized carbons (Fsp3) is 0.348. The van der Waals surface area contributed by atoms with Crippen LogP contribution in [0.3, 0.4) is 0 Å². The number of nitrogens with one attached hydrogen (secondary N) is 2. The van der Waals surface area contributed by atoms with Gasteiger partial charge in [0.25, 0.3) is 0 Å². The molecule has 3 rings (SSSR count). The summed E-state index contributed by atoms with van der Waals surface area (Å²) < 4.78 is 6.01. The molecule has 0 aliphatic carbocycles. The summed E-state index contributed by atoms with van der Waals surface area (Å²) in [4.78, 5) is 37.9. The lowest BCUT2D eigenvalue weighted by Crippen LogP contribution is -2.49. The molecule has 2 N–H and O–H groups in total. The first-order chi connectivity index (χ1) is 14.8. The van der Waals surface area contributed by atoms with Gasteiger partial charge in [0.2, 0.25) is 11.8 Å². The predicted molar refractivity (Wildman–Crippen MR) is 117 cm³/mol. The molecular formula is C23H26BN3O4. The highest BCUT2D eigenvalue weighted by atomic mass is 16.6. The van der Waals surface area contributed by atoms with E-state index in [0.717, 1.165) is 11.1 Å². The first-order valence-corrected chi connectivity index (χ1v) is 10.3. The number of benzene rings is 2. The van der Waals surface area contributed by atoms with Gasteiger partial charge in [0.15, 0.2) is 0 Å². The highest BCUT2D eigenvalue weighted by Crippen LogP contribution is 2.40. The van der Waals surface area contributed by atoms with E-state index in [9.17, 15) is 14.4 Å². The van der Waals surface area contributed by atoms with Gasteiger partial charge in [0, 0.05) is 32.7 Å². The van der Waals surface area contributed by atoms with Crippen molar-refractivity contribution >= 4 is 31.2 Å². The SMILES string of the molecule is [B]c1ccc([C@H](C)N2CC[C@](CCC(=O)NNC(C)=O)(c3ccccc3)OC2=O)cc1. The van der Waals surface area contributed by atoms with Crippen LogP contribution < -0.4 is 16.3 Å². The molecule has 0 aromatic heterocycles. The molecule has 1 fully saturated rings. The molecule has 7 nitrogen and oxygen atoms in total. The van der Waals surface area contributed by atoms with Gasteiger partial charge in [0.1, 0.15) is 13.4 Å². The third kappa shape index (κ3) is 5.45. The summed E-state index contributed by atoms with van der Waals surface area (Å²) in [7, 11) is 5.77. The summed E-state index contributed by atoms with van der Waals surface area (Å²) in [5.74, 6) is -0.707. The molecule has 2 radical (unpaired) electrons. The van der Waals surface area contributed by atoms with Crippen molar-refractivity contribution in [2.45, 2.75) is 44.8 Å². The maximum absolute atomic E-state index is 13.0. The average Bonchev–Trinajstić information content (AvgIpc) is 2.77. The quantitative estimate of drug-likeness (QED) is 0.555. The molecule has 8 heteroatoms. The largest absolute Gasteiger partial charge is 0.438 e. The number of rotatable bonds is 6. The number of hydrogen-bond donors (Lipinski definition) is 2. The Labute approximate surface area is 183 Å². The van der Waals surface area contributed by atoms with E-state index in [1.165, 1.54) is 6.92 Å². The lowest BCUT2D eigenvalue weighted by molar-refractivity contribution is -0.129. The fourth-order valence-electron chi connectivity index (χ4n) is 3.78.